The summed E-state index contributed by atoms with van der Waals surface area (Å²) < 4.78 is 5.09. The molecule has 7 heavy (non-hydrogen) atoms. The van der Waals surface area contributed by atoms with Crippen LogP contribution in [0.3, 0.4) is 0 Å². The van der Waals surface area contributed by atoms with Gasteiger partial charge in [-0.1, -0.05) is 19.1 Å². The van der Waals surface area contributed by atoms with Gasteiger partial charge in [0, 0.05) is 0 Å². The van der Waals surface area contributed by atoms with E-state index in [4.69, 9.17) is 4.74 Å². The van der Waals surface area contributed by atoms with Gasteiger partial charge < -0.3 is 4.74 Å². The molecule has 1 unspecified atom stereocenters. The number of hydrogen-bond donors (Lipinski definition) is 0. The van der Waals surface area contributed by atoms with E-state index in [2.05, 4.69) is 19.1 Å². The van der Waals surface area contributed by atoms with Gasteiger partial charge in [0.1, 0.15) is 0 Å². The van der Waals surface area contributed by atoms with Crippen molar-refractivity contribution in [1.29, 1.82) is 0 Å². The van der Waals surface area contributed by atoms with Crippen molar-refractivity contribution in [2.75, 3.05) is 13.2 Å². The van der Waals surface area contributed by atoms with E-state index in [1.807, 2.05) is 0 Å². The minimum absolute atomic E-state index is 0.633. The van der Waals surface area contributed by atoms with Crippen LogP contribution in [0.4, 0.5) is 0 Å². The van der Waals surface area contributed by atoms with E-state index < -0.39 is 0 Å². The van der Waals surface area contributed by atoms with Crippen LogP contribution in [0.2, 0.25) is 0 Å². The molecule has 0 aliphatic carbocycles. The molecule has 0 spiro atoms. The van der Waals surface area contributed by atoms with Gasteiger partial charge in [0.15, 0.2) is 0 Å². The monoisotopic (exact) mass is 98.1 g/mol. The summed E-state index contributed by atoms with van der Waals surface area (Å²) in [4.78, 5) is 0. The Morgan fingerprint density at radius 3 is 2.86 bits per heavy atom. The Balaban J connectivity index is 2.36. The normalized spacial score (nSPS) is 30.7. The van der Waals surface area contributed by atoms with Crippen LogP contribution >= 0.6 is 0 Å². The van der Waals surface area contributed by atoms with Crippen LogP contribution in [0.5, 0.6) is 0 Å². The second-order valence-corrected chi connectivity index (χ2v) is 1.94. The average molecular weight is 98.1 g/mol. The summed E-state index contributed by atoms with van der Waals surface area (Å²) in [7, 11) is 0. The molecule has 1 aliphatic rings. The van der Waals surface area contributed by atoms with Crippen LogP contribution in [0.15, 0.2) is 12.2 Å². The highest BCUT2D eigenvalue weighted by Crippen LogP contribution is 2.02. The van der Waals surface area contributed by atoms with Gasteiger partial charge in [0.2, 0.25) is 0 Å². The summed E-state index contributed by atoms with van der Waals surface area (Å²) in [6, 6.07) is 0. The van der Waals surface area contributed by atoms with Gasteiger partial charge >= 0.3 is 0 Å². The maximum absolute atomic E-state index is 5.09. The quantitative estimate of drug-likeness (QED) is 0.414. The average Bonchev–Trinajstić information content (AvgIpc) is 1.69. The third kappa shape index (κ3) is 1.32. The Hall–Kier alpha value is -0.300. The van der Waals surface area contributed by atoms with Crippen molar-refractivity contribution in [1.82, 2.24) is 0 Å². The first-order valence-corrected chi connectivity index (χ1v) is 2.64. The fourth-order valence-electron chi connectivity index (χ4n) is 0.665. The molecule has 0 aromatic rings. The van der Waals surface area contributed by atoms with E-state index in [9.17, 15) is 0 Å². The molecule has 1 aliphatic heterocycles. The van der Waals surface area contributed by atoms with E-state index in [-0.39, 0.29) is 0 Å². The molecule has 1 rings (SSSR count). The molecular weight excluding hydrogens is 88.1 g/mol. The lowest BCUT2D eigenvalue weighted by Gasteiger charge is -2.10. The van der Waals surface area contributed by atoms with E-state index in [1.54, 1.807) is 0 Å². The Morgan fingerprint density at radius 1 is 1.71 bits per heavy atom. The summed E-state index contributed by atoms with van der Waals surface area (Å²) in [5, 5.41) is 0. The maximum Gasteiger partial charge on any atom is 0.0647 e. The number of rotatable bonds is 0. The van der Waals surface area contributed by atoms with E-state index in [0.717, 1.165) is 13.2 Å². The molecule has 1 atom stereocenters. The zero-order valence-corrected chi connectivity index (χ0v) is 4.55. The van der Waals surface area contributed by atoms with Crippen LogP contribution < -0.4 is 0 Å². The van der Waals surface area contributed by atoms with Crippen LogP contribution in [-0.4, -0.2) is 13.2 Å². The summed E-state index contributed by atoms with van der Waals surface area (Å²) in [6.07, 6.45) is 4.25. The van der Waals surface area contributed by atoms with Gasteiger partial charge in [0.05, 0.1) is 13.2 Å². The van der Waals surface area contributed by atoms with E-state index in [0.29, 0.717) is 5.92 Å². The highest BCUT2D eigenvalue weighted by atomic mass is 16.5. The maximum atomic E-state index is 5.09. The molecule has 0 radical (unpaired) electrons. The molecule has 0 fully saturated rings. The zero-order chi connectivity index (χ0) is 5.11. The zero-order valence-electron chi connectivity index (χ0n) is 4.55. The molecule has 0 amide bonds. The van der Waals surface area contributed by atoms with Crippen molar-refractivity contribution in [3.05, 3.63) is 12.2 Å². The van der Waals surface area contributed by atoms with Gasteiger partial charge in [-0.25, -0.2) is 0 Å². The molecule has 0 saturated heterocycles. The topological polar surface area (TPSA) is 9.23 Å². The lowest BCUT2D eigenvalue weighted by Crippen LogP contribution is -2.07. The third-order valence-electron chi connectivity index (χ3n) is 1.06. The molecule has 40 valence electrons. The highest BCUT2D eigenvalue weighted by Gasteiger charge is 1.98. The lowest BCUT2D eigenvalue weighted by molar-refractivity contribution is 0.131. The first kappa shape index (κ1) is 4.85. The molecule has 0 aromatic heterocycles. The standard InChI is InChI=1S/C6H10O/c1-6-3-2-4-7-5-6/h2-3,6H,4-5H2,1H3. The van der Waals surface area contributed by atoms with Crippen molar-refractivity contribution < 1.29 is 4.74 Å². The summed E-state index contributed by atoms with van der Waals surface area (Å²) in [6.45, 7) is 3.86. The first-order chi connectivity index (χ1) is 3.39. The molecule has 1 heteroatoms. The summed E-state index contributed by atoms with van der Waals surface area (Å²) in [5.41, 5.74) is 0. The minimum Gasteiger partial charge on any atom is -0.377 e. The van der Waals surface area contributed by atoms with Crippen molar-refractivity contribution in [2.45, 2.75) is 6.92 Å². The number of ether oxygens (including phenoxy) is 1. The second-order valence-electron chi connectivity index (χ2n) is 1.94. The fraction of sp³-hybridized carbons (Fsp3) is 0.667. The fourth-order valence-corrected chi connectivity index (χ4v) is 0.665. The first-order valence-electron chi connectivity index (χ1n) is 2.64. The third-order valence-corrected chi connectivity index (χ3v) is 1.06. The largest absolute Gasteiger partial charge is 0.377 e. The Bertz CT molecular complexity index is 76.2. The van der Waals surface area contributed by atoms with Crippen molar-refractivity contribution in [2.24, 2.45) is 5.92 Å². The smallest absolute Gasteiger partial charge is 0.0647 e. The molecule has 0 N–H and O–H groups in total. The van der Waals surface area contributed by atoms with E-state index >= 15 is 0 Å². The molecule has 0 saturated carbocycles. The minimum atomic E-state index is 0.633. The van der Waals surface area contributed by atoms with Gasteiger partial charge in [-0.15, -0.1) is 0 Å². The predicted molar refractivity (Wildman–Crippen MR) is 29.1 cm³/mol. The van der Waals surface area contributed by atoms with Crippen LogP contribution in [0.25, 0.3) is 0 Å². The van der Waals surface area contributed by atoms with Crippen LogP contribution in [-0.2, 0) is 4.74 Å². The molecule has 1 heterocycles. The number of hydrogen-bond acceptors (Lipinski definition) is 1. The SMILES string of the molecule is CC1C=CCOC1. The van der Waals surface area contributed by atoms with Gasteiger partial charge in [-0.3, -0.25) is 0 Å². The predicted octanol–water partition coefficient (Wildman–Crippen LogP) is 1.21. The Morgan fingerprint density at radius 2 is 2.57 bits per heavy atom. The Kier molecular flexibility index (Phi) is 1.47. The highest BCUT2D eigenvalue weighted by molar-refractivity contribution is 4.89. The van der Waals surface area contributed by atoms with Crippen LogP contribution in [0.1, 0.15) is 6.92 Å². The van der Waals surface area contributed by atoms with E-state index in [1.165, 1.54) is 0 Å². The molecule has 0 aromatic carbocycles. The Labute approximate surface area is 44.0 Å². The van der Waals surface area contributed by atoms with Crippen molar-refractivity contribution >= 4 is 0 Å². The molecular formula is C6H10O. The van der Waals surface area contributed by atoms with Crippen LogP contribution in [0, 0.1) is 5.92 Å². The molecule has 1 nitrogen and oxygen atoms in total. The van der Waals surface area contributed by atoms with Gasteiger partial charge in [-0.2, -0.15) is 0 Å². The molecule has 0 bridgehead atoms. The van der Waals surface area contributed by atoms with Crippen molar-refractivity contribution in [3.63, 3.8) is 0 Å². The lowest BCUT2D eigenvalue weighted by atomic mass is 10.1. The van der Waals surface area contributed by atoms with Gasteiger partial charge in [0.25, 0.3) is 0 Å². The second kappa shape index (κ2) is 2.12. The summed E-state index contributed by atoms with van der Waals surface area (Å²) >= 11 is 0. The summed E-state index contributed by atoms with van der Waals surface area (Å²) in [5.74, 6) is 0.633. The van der Waals surface area contributed by atoms with Gasteiger partial charge in [-0.05, 0) is 5.92 Å². The van der Waals surface area contributed by atoms with Crippen molar-refractivity contribution in [3.8, 4) is 0 Å².